The molecule has 0 aromatic rings. The van der Waals surface area contributed by atoms with Crippen molar-refractivity contribution in [1.82, 2.24) is 0 Å². The van der Waals surface area contributed by atoms with Gasteiger partial charge in [-0.2, -0.15) is 0 Å². The van der Waals surface area contributed by atoms with Crippen molar-refractivity contribution in [2.24, 2.45) is 11.8 Å². The van der Waals surface area contributed by atoms with E-state index in [4.69, 9.17) is 10.2 Å². The second-order valence-corrected chi connectivity index (χ2v) is 3.57. The summed E-state index contributed by atoms with van der Waals surface area (Å²) in [6.07, 6.45) is 3.20. The number of rotatable bonds is 7. The van der Waals surface area contributed by atoms with Gasteiger partial charge >= 0.3 is 71.1 Å². The summed E-state index contributed by atoms with van der Waals surface area (Å²) in [6.45, 7) is 3.48. The Bertz CT molecular complexity index is 209. The third-order valence-electron chi connectivity index (χ3n) is 2.43. The van der Waals surface area contributed by atoms with Crippen LogP contribution in [-0.2, 0) is 9.59 Å². The van der Waals surface area contributed by atoms with Crippen LogP contribution in [0.15, 0.2) is 0 Å². The molecular weight excluding hydrogens is 230 g/mol. The predicted octanol–water partition coefficient (Wildman–Crippen LogP) is 0.691. The molecule has 0 fully saturated rings. The molecule has 86 valence electrons. The van der Waals surface area contributed by atoms with Gasteiger partial charge in [0, 0.05) is 0 Å². The molecule has 2 unspecified atom stereocenters. The monoisotopic (exact) mass is 250 g/mol. The molecule has 0 aromatic heterocycles. The van der Waals surface area contributed by atoms with Crippen molar-refractivity contribution in [3.63, 3.8) is 0 Å². The number of carbonyl (C=O) groups is 2. The first-order valence-corrected chi connectivity index (χ1v) is 4.96. The maximum absolute atomic E-state index is 10.8. The first-order valence-electron chi connectivity index (χ1n) is 4.96. The van der Waals surface area contributed by atoms with Gasteiger partial charge in [-0.1, -0.05) is 33.1 Å². The van der Waals surface area contributed by atoms with Gasteiger partial charge in [0.2, 0.25) is 0 Å². The zero-order valence-corrected chi connectivity index (χ0v) is 8.69. The van der Waals surface area contributed by atoms with Crippen molar-refractivity contribution >= 4 is 71.1 Å². The number of aliphatic carboxylic acids is 2. The first kappa shape index (κ1) is 22.1. The summed E-state index contributed by atoms with van der Waals surface area (Å²) in [5.74, 6) is -3.59. The third kappa shape index (κ3) is 9.02. The average Bonchev–Trinajstić information content (AvgIpc) is 2.10. The fourth-order valence-electron chi connectivity index (χ4n) is 1.37. The van der Waals surface area contributed by atoms with Crippen LogP contribution in [0.4, 0.5) is 0 Å². The maximum atomic E-state index is 10.8. The van der Waals surface area contributed by atoms with Crippen molar-refractivity contribution in [1.29, 1.82) is 0 Å². The molecule has 0 spiro atoms. The summed E-state index contributed by atoms with van der Waals surface area (Å²) < 4.78 is 0. The topological polar surface area (TPSA) is 74.6 Å². The molecule has 0 rings (SSSR count). The Morgan fingerprint density at radius 3 is 1.88 bits per heavy atom. The van der Waals surface area contributed by atoms with E-state index < -0.39 is 23.8 Å². The van der Waals surface area contributed by atoms with Crippen molar-refractivity contribution in [2.45, 2.75) is 39.5 Å². The van der Waals surface area contributed by atoms with Gasteiger partial charge in [-0.25, -0.2) is 0 Å². The molecule has 0 amide bonds. The van der Waals surface area contributed by atoms with Gasteiger partial charge in [0.1, 0.15) is 0 Å². The summed E-state index contributed by atoms with van der Waals surface area (Å²) in [5, 5.41) is 17.5. The molecule has 2 atom stereocenters. The zero-order chi connectivity index (χ0) is 11.1. The predicted molar refractivity (Wildman–Crippen MR) is 66.4 cm³/mol. The molecule has 0 saturated carbocycles. The van der Waals surface area contributed by atoms with E-state index in [1.807, 2.05) is 6.92 Å². The summed E-state index contributed by atoms with van der Waals surface area (Å²) >= 11 is 0. The summed E-state index contributed by atoms with van der Waals surface area (Å²) in [5.41, 5.74) is 0. The zero-order valence-electron chi connectivity index (χ0n) is 8.69. The Kier molecular flexibility index (Phi) is 17.2. The average molecular weight is 250 g/mol. The van der Waals surface area contributed by atoms with Crippen LogP contribution >= 0.6 is 0 Å². The van der Waals surface area contributed by atoms with Crippen LogP contribution in [0.25, 0.3) is 0 Å². The van der Waals surface area contributed by atoms with Crippen molar-refractivity contribution in [3.05, 3.63) is 0 Å². The summed E-state index contributed by atoms with van der Waals surface area (Å²) in [7, 11) is 0. The van der Waals surface area contributed by atoms with Crippen LogP contribution < -0.4 is 0 Å². The van der Waals surface area contributed by atoms with Gasteiger partial charge in [-0.05, 0) is 6.42 Å². The SMILES string of the molecule is CCCCCC(C(=O)O)C(C)C(=O)O.[NaH].[NaH]. The van der Waals surface area contributed by atoms with E-state index in [0.29, 0.717) is 6.42 Å². The molecule has 0 aliphatic carbocycles. The van der Waals surface area contributed by atoms with Crippen LogP contribution in [0, 0.1) is 11.8 Å². The minimum atomic E-state index is -1.03. The molecule has 0 radical (unpaired) electrons. The van der Waals surface area contributed by atoms with Crippen molar-refractivity contribution < 1.29 is 19.8 Å². The molecule has 0 aliphatic rings. The number of hydrogen-bond donors (Lipinski definition) is 2. The van der Waals surface area contributed by atoms with Gasteiger partial charge in [0.25, 0.3) is 0 Å². The fourth-order valence-corrected chi connectivity index (χ4v) is 1.37. The summed E-state index contributed by atoms with van der Waals surface area (Å²) in [4.78, 5) is 21.4. The number of carboxylic acids is 2. The molecule has 0 aromatic carbocycles. The van der Waals surface area contributed by atoms with Crippen molar-refractivity contribution in [2.75, 3.05) is 0 Å². The molecule has 6 heteroatoms. The van der Waals surface area contributed by atoms with Gasteiger partial charge in [-0.3, -0.25) is 9.59 Å². The van der Waals surface area contributed by atoms with Crippen LogP contribution in [0.1, 0.15) is 39.5 Å². The fraction of sp³-hybridized carbons (Fsp3) is 0.800. The van der Waals surface area contributed by atoms with E-state index in [0.717, 1.165) is 19.3 Å². The van der Waals surface area contributed by atoms with Crippen LogP contribution in [0.5, 0.6) is 0 Å². The normalized spacial score (nSPS) is 12.9. The Hall–Kier alpha value is 0.940. The van der Waals surface area contributed by atoms with Gasteiger partial charge in [0.05, 0.1) is 11.8 Å². The van der Waals surface area contributed by atoms with E-state index >= 15 is 0 Å². The molecule has 0 heterocycles. The van der Waals surface area contributed by atoms with Crippen LogP contribution in [0.3, 0.4) is 0 Å². The Labute approximate surface area is 141 Å². The van der Waals surface area contributed by atoms with Crippen LogP contribution in [0.2, 0.25) is 0 Å². The second kappa shape index (κ2) is 12.4. The van der Waals surface area contributed by atoms with E-state index in [1.165, 1.54) is 6.92 Å². The molecule has 0 bridgehead atoms. The molecule has 16 heavy (non-hydrogen) atoms. The third-order valence-corrected chi connectivity index (χ3v) is 2.43. The Balaban J connectivity index is -0.000000845. The number of unbranched alkanes of at least 4 members (excludes halogenated alkanes) is 2. The van der Waals surface area contributed by atoms with E-state index in [2.05, 4.69) is 0 Å². The first-order chi connectivity index (χ1) is 6.50. The van der Waals surface area contributed by atoms with E-state index in [9.17, 15) is 9.59 Å². The van der Waals surface area contributed by atoms with Gasteiger partial charge < -0.3 is 10.2 Å². The quantitative estimate of drug-likeness (QED) is 0.515. The molecular formula is C10H20Na2O4. The minimum absolute atomic E-state index is 0. The Morgan fingerprint density at radius 2 is 1.56 bits per heavy atom. The second-order valence-electron chi connectivity index (χ2n) is 3.57. The van der Waals surface area contributed by atoms with E-state index in [-0.39, 0.29) is 59.1 Å². The van der Waals surface area contributed by atoms with Crippen LogP contribution in [-0.4, -0.2) is 81.3 Å². The molecule has 0 aliphatic heterocycles. The number of hydrogen-bond acceptors (Lipinski definition) is 2. The summed E-state index contributed by atoms with van der Waals surface area (Å²) in [6, 6.07) is 0. The van der Waals surface area contributed by atoms with Crippen molar-refractivity contribution in [3.8, 4) is 0 Å². The molecule has 2 N–H and O–H groups in total. The van der Waals surface area contributed by atoms with Gasteiger partial charge in [-0.15, -0.1) is 0 Å². The standard InChI is InChI=1S/C10H18O4.2Na.2H/c1-3-4-5-6-8(10(13)14)7(2)9(11)12;;;;/h7-8H,3-6H2,1-2H3,(H,11,12)(H,13,14);;;;. The van der Waals surface area contributed by atoms with E-state index in [1.54, 1.807) is 0 Å². The molecule has 0 saturated heterocycles. The molecule has 4 nitrogen and oxygen atoms in total. The van der Waals surface area contributed by atoms with Gasteiger partial charge in [0.15, 0.2) is 0 Å². The number of carboxylic acid groups (broad SMARTS) is 2. The Morgan fingerprint density at radius 1 is 1.06 bits per heavy atom.